The molecule has 0 amide bonds. The number of hydrogen-bond acceptors (Lipinski definition) is 0. The highest BCUT2D eigenvalue weighted by Gasteiger charge is 1.91. The summed E-state index contributed by atoms with van der Waals surface area (Å²) >= 11 is 0. The predicted octanol–water partition coefficient (Wildman–Crippen LogP) is 4.70. The Labute approximate surface area is 90.5 Å². The summed E-state index contributed by atoms with van der Waals surface area (Å²) in [5.41, 5.74) is 0. The minimum atomic E-state index is 0.851. The Balaban J connectivity index is 2.82. The summed E-state index contributed by atoms with van der Waals surface area (Å²) in [6, 6.07) is 0. The van der Waals surface area contributed by atoms with E-state index >= 15 is 0 Å². The van der Waals surface area contributed by atoms with Crippen molar-refractivity contribution < 1.29 is 0 Å². The van der Waals surface area contributed by atoms with E-state index in [4.69, 9.17) is 6.42 Å². The van der Waals surface area contributed by atoms with Crippen molar-refractivity contribution in [2.24, 2.45) is 0 Å². The van der Waals surface area contributed by atoms with Crippen LogP contribution in [0.5, 0.6) is 0 Å². The maximum Gasteiger partial charge on any atom is 0.00989 e. The number of rotatable bonds is 10. The van der Waals surface area contributed by atoms with Gasteiger partial charge in [-0.05, 0) is 12.8 Å². The summed E-state index contributed by atoms with van der Waals surface area (Å²) in [7, 11) is 0. The van der Waals surface area contributed by atoms with E-state index in [9.17, 15) is 0 Å². The van der Waals surface area contributed by atoms with Crippen molar-refractivity contribution in [2.45, 2.75) is 70.6 Å². The Kier molecular flexibility index (Phi) is 12.2. The molecule has 0 N–H and O–H groups in total. The zero-order valence-corrected chi connectivity index (χ0v) is 9.49. The van der Waals surface area contributed by atoms with Crippen LogP contribution in [0.1, 0.15) is 70.6 Å². The molecule has 0 aromatic rings. The molecule has 0 spiro atoms. The van der Waals surface area contributed by atoms with Gasteiger partial charge in [0.2, 0.25) is 0 Å². The zero-order chi connectivity index (χ0) is 10.5. The molecule has 0 aromatic carbocycles. The molecule has 0 aliphatic heterocycles. The molecule has 0 aliphatic carbocycles. The molecular weight excluding hydrogens is 168 g/mol. The molecule has 0 bridgehead atoms. The maximum absolute atomic E-state index is 6.76. The average molecular weight is 192 g/mol. The molecule has 0 unspecified atom stereocenters. The van der Waals surface area contributed by atoms with Gasteiger partial charge in [0.05, 0.1) is 0 Å². The predicted molar refractivity (Wildman–Crippen MR) is 63.3 cm³/mol. The third kappa shape index (κ3) is 11.6. The van der Waals surface area contributed by atoms with Crippen LogP contribution in [0.15, 0.2) is 0 Å². The largest absolute Gasteiger partial charge is 0.0891 e. The van der Waals surface area contributed by atoms with Gasteiger partial charge in [-0.15, -0.1) is 0 Å². The average Bonchev–Trinajstić information content (AvgIpc) is 2.21. The second-order valence-corrected chi connectivity index (χ2v) is 3.96. The van der Waals surface area contributed by atoms with Crippen LogP contribution in [0.2, 0.25) is 0 Å². The van der Waals surface area contributed by atoms with E-state index in [0.29, 0.717) is 0 Å². The van der Waals surface area contributed by atoms with Crippen LogP contribution in [0, 0.1) is 19.3 Å². The molecule has 0 heterocycles. The van der Waals surface area contributed by atoms with Crippen molar-refractivity contribution in [1.29, 1.82) is 0 Å². The molecule has 0 heteroatoms. The molecule has 0 nitrogen and oxygen atoms in total. The standard InChI is InChI=1S/C14H24/c1-3-5-7-9-11-13-14-12-10-8-6-4-2/h1,3,5-14H2. The molecule has 0 fully saturated rings. The van der Waals surface area contributed by atoms with E-state index in [1.54, 1.807) is 0 Å². The summed E-state index contributed by atoms with van der Waals surface area (Å²) in [6.45, 7) is 3.84. The second-order valence-electron chi connectivity index (χ2n) is 3.96. The first-order valence-corrected chi connectivity index (χ1v) is 6.10. The fourth-order valence-electron chi connectivity index (χ4n) is 1.63. The number of hydrogen-bond donors (Lipinski definition) is 0. The summed E-state index contributed by atoms with van der Waals surface area (Å²) in [5.74, 6) is 2.44. The lowest BCUT2D eigenvalue weighted by atomic mass is 10.1. The third-order valence-electron chi connectivity index (χ3n) is 2.55. The van der Waals surface area contributed by atoms with E-state index in [2.05, 4.69) is 12.8 Å². The topological polar surface area (TPSA) is 0 Å². The molecule has 2 radical (unpaired) electrons. The van der Waals surface area contributed by atoms with Crippen LogP contribution in [0.25, 0.3) is 0 Å². The highest BCUT2D eigenvalue weighted by molar-refractivity contribution is 4.74. The van der Waals surface area contributed by atoms with E-state index < -0.39 is 0 Å². The van der Waals surface area contributed by atoms with Gasteiger partial charge >= 0.3 is 0 Å². The molecule has 14 heavy (non-hydrogen) atoms. The fraction of sp³-hybridized carbons (Fsp3) is 0.786. The molecule has 0 saturated carbocycles. The van der Waals surface area contributed by atoms with Gasteiger partial charge in [-0.25, -0.2) is 0 Å². The molecule has 80 valence electrons. The van der Waals surface area contributed by atoms with Crippen LogP contribution in [0.3, 0.4) is 0 Å². The van der Waals surface area contributed by atoms with Crippen molar-refractivity contribution in [2.75, 3.05) is 0 Å². The Hall–Kier alpha value is -0.440. The third-order valence-corrected chi connectivity index (χ3v) is 2.55. The van der Waals surface area contributed by atoms with E-state index in [-0.39, 0.29) is 0 Å². The van der Waals surface area contributed by atoms with Crippen molar-refractivity contribution in [1.82, 2.24) is 0 Å². The lowest BCUT2D eigenvalue weighted by Crippen LogP contribution is -1.81. The highest BCUT2D eigenvalue weighted by Crippen LogP contribution is 2.10. The normalized spacial score (nSPS) is 10.0. The SMILES string of the molecule is [C]#CCCCCCCCCCCC[CH2]. The van der Waals surface area contributed by atoms with Crippen LogP contribution < -0.4 is 0 Å². The first-order chi connectivity index (χ1) is 6.91. The Morgan fingerprint density at radius 1 is 0.714 bits per heavy atom. The molecule has 0 rings (SSSR count). The van der Waals surface area contributed by atoms with Gasteiger partial charge in [-0.1, -0.05) is 70.6 Å². The molecule has 0 aromatic heterocycles. The molecule has 0 saturated heterocycles. The maximum atomic E-state index is 6.76. The van der Waals surface area contributed by atoms with Gasteiger partial charge < -0.3 is 0 Å². The molecular formula is C14H24. The van der Waals surface area contributed by atoms with Crippen molar-refractivity contribution in [3.63, 3.8) is 0 Å². The van der Waals surface area contributed by atoms with E-state index in [1.165, 1.54) is 51.4 Å². The van der Waals surface area contributed by atoms with Crippen LogP contribution in [0.4, 0.5) is 0 Å². The zero-order valence-electron chi connectivity index (χ0n) is 9.49. The van der Waals surface area contributed by atoms with Gasteiger partial charge in [-0.3, -0.25) is 0 Å². The Morgan fingerprint density at radius 3 is 1.57 bits per heavy atom. The van der Waals surface area contributed by atoms with Crippen LogP contribution in [-0.4, -0.2) is 0 Å². The van der Waals surface area contributed by atoms with Crippen LogP contribution >= 0.6 is 0 Å². The summed E-state index contributed by atoms with van der Waals surface area (Å²) in [6.07, 6.45) is 20.7. The van der Waals surface area contributed by atoms with Gasteiger partial charge in [0.15, 0.2) is 0 Å². The highest BCUT2D eigenvalue weighted by atomic mass is 14.0. The minimum absolute atomic E-state index is 0.851. The van der Waals surface area contributed by atoms with E-state index in [1.807, 2.05) is 0 Å². The monoisotopic (exact) mass is 192 g/mol. The van der Waals surface area contributed by atoms with Gasteiger partial charge in [0, 0.05) is 6.42 Å². The Bertz CT molecular complexity index is 129. The van der Waals surface area contributed by atoms with Crippen LogP contribution in [-0.2, 0) is 0 Å². The van der Waals surface area contributed by atoms with Crippen molar-refractivity contribution in [3.8, 4) is 5.92 Å². The minimum Gasteiger partial charge on any atom is -0.0891 e. The second kappa shape index (κ2) is 12.6. The van der Waals surface area contributed by atoms with Crippen molar-refractivity contribution >= 4 is 0 Å². The summed E-state index contributed by atoms with van der Waals surface area (Å²) < 4.78 is 0. The first kappa shape index (κ1) is 13.6. The summed E-state index contributed by atoms with van der Waals surface area (Å²) in [4.78, 5) is 0. The lowest BCUT2D eigenvalue weighted by molar-refractivity contribution is 0.562. The van der Waals surface area contributed by atoms with Gasteiger partial charge in [0.25, 0.3) is 0 Å². The smallest absolute Gasteiger partial charge is 0.00989 e. The number of unbranched alkanes of at least 4 members (excludes halogenated alkanes) is 10. The quantitative estimate of drug-likeness (QED) is 0.347. The molecule has 0 atom stereocenters. The fourth-order valence-corrected chi connectivity index (χ4v) is 1.63. The van der Waals surface area contributed by atoms with Gasteiger partial charge in [0.1, 0.15) is 0 Å². The van der Waals surface area contributed by atoms with Crippen molar-refractivity contribution in [3.05, 3.63) is 13.3 Å². The van der Waals surface area contributed by atoms with E-state index in [0.717, 1.165) is 19.3 Å². The van der Waals surface area contributed by atoms with Gasteiger partial charge in [-0.2, -0.15) is 0 Å². The summed E-state index contributed by atoms with van der Waals surface area (Å²) in [5, 5.41) is 0. The lowest BCUT2D eigenvalue weighted by Gasteiger charge is -2.00. The Morgan fingerprint density at radius 2 is 1.14 bits per heavy atom. The molecule has 0 aliphatic rings. The first-order valence-electron chi connectivity index (χ1n) is 6.10.